The Morgan fingerprint density at radius 1 is 1.22 bits per heavy atom. The maximum absolute atomic E-state index is 9.18. The van der Waals surface area contributed by atoms with Crippen LogP contribution in [0.4, 0.5) is 0 Å². The molecule has 0 aromatic rings. The summed E-state index contributed by atoms with van der Waals surface area (Å²) in [5, 5.41) is 9.18. The molecule has 0 heterocycles. The molecule has 1 N–H and O–H groups in total. The fourth-order valence-electron chi connectivity index (χ4n) is 1.62. The van der Waals surface area contributed by atoms with E-state index >= 15 is 0 Å². The van der Waals surface area contributed by atoms with E-state index in [0.717, 1.165) is 0 Å². The maximum atomic E-state index is 9.18. The van der Waals surface area contributed by atoms with Crippen molar-refractivity contribution >= 4 is 0 Å². The van der Waals surface area contributed by atoms with Gasteiger partial charge in [-0.05, 0) is 25.7 Å². The van der Waals surface area contributed by atoms with Gasteiger partial charge in [-0.3, -0.25) is 0 Å². The van der Waals surface area contributed by atoms with Gasteiger partial charge in [0.2, 0.25) is 0 Å². The van der Waals surface area contributed by atoms with Gasteiger partial charge in [-0.15, -0.1) is 0 Å². The Labute approximate surface area is 57.1 Å². The molecule has 0 aromatic heterocycles. The number of hydrogen-bond donors (Lipinski definition) is 1. The summed E-state index contributed by atoms with van der Waals surface area (Å²) in [7, 11) is 0. The first kappa shape index (κ1) is 7.07. The molecule has 9 heavy (non-hydrogen) atoms. The molecule has 1 fully saturated rings. The van der Waals surface area contributed by atoms with Crippen LogP contribution in [0.3, 0.4) is 0 Å². The van der Waals surface area contributed by atoms with Gasteiger partial charge in [0.1, 0.15) is 0 Å². The summed E-state index contributed by atoms with van der Waals surface area (Å²) in [6.45, 7) is 1.91. The summed E-state index contributed by atoms with van der Waals surface area (Å²) < 4.78 is 0. The molecule has 1 aliphatic carbocycles. The van der Waals surface area contributed by atoms with Gasteiger partial charge in [0, 0.05) is 0 Å². The van der Waals surface area contributed by atoms with E-state index in [2.05, 4.69) is 0 Å². The molecule has 0 bridgehead atoms. The molecule has 0 aliphatic heterocycles. The Morgan fingerprint density at radius 2 is 1.78 bits per heavy atom. The van der Waals surface area contributed by atoms with Crippen LogP contribution in [0.1, 0.15) is 39.0 Å². The first-order valence-corrected chi connectivity index (χ1v) is 3.99. The first-order valence-electron chi connectivity index (χ1n) is 3.99. The lowest BCUT2D eigenvalue weighted by molar-refractivity contribution is 0.101. The molecule has 0 radical (unpaired) electrons. The molecule has 1 atom stereocenters. The Bertz CT molecular complexity index is 72.6. The van der Waals surface area contributed by atoms with Crippen molar-refractivity contribution in [2.75, 3.05) is 0 Å². The van der Waals surface area contributed by atoms with Crippen LogP contribution in [0.15, 0.2) is 0 Å². The molecule has 1 rings (SSSR count). The quantitative estimate of drug-likeness (QED) is 0.572. The van der Waals surface area contributed by atoms with Gasteiger partial charge in [0.15, 0.2) is 0 Å². The van der Waals surface area contributed by atoms with Crippen molar-refractivity contribution in [3.05, 3.63) is 0 Å². The molecule has 0 amide bonds. The van der Waals surface area contributed by atoms with Crippen LogP contribution in [-0.2, 0) is 0 Å². The molecular weight excluding hydrogens is 112 g/mol. The van der Waals surface area contributed by atoms with Crippen LogP contribution >= 0.6 is 0 Å². The van der Waals surface area contributed by atoms with Crippen molar-refractivity contribution in [2.24, 2.45) is 5.92 Å². The zero-order valence-corrected chi connectivity index (χ0v) is 6.14. The molecule has 1 heteroatoms. The molecule has 0 spiro atoms. The number of aliphatic hydroxyl groups is 1. The summed E-state index contributed by atoms with van der Waals surface area (Å²) >= 11 is 0. The van der Waals surface area contributed by atoms with Crippen LogP contribution in [0.2, 0.25) is 0 Å². The van der Waals surface area contributed by atoms with E-state index in [4.69, 9.17) is 0 Å². The zero-order chi connectivity index (χ0) is 6.69. The van der Waals surface area contributed by atoms with Crippen LogP contribution in [0.25, 0.3) is 0 Å². The lowest BCUT2D eigenvalue weighted by Gasteiger charge is -2.23. The fraction of sp³-hybridized carbons (Fsp3) is 1.00. The number of hydrogen-bond acceptors (Lipinski definition) is 1. The summed E-state index contributed by atoms with van der Waals surface area (Å²) in [6, 6.07) is 0. The van der Waals surface area contributed by atoms with Gasteiger partial charge >= 0.3 is 0 Å². The summed E-state index contributed by atoms with van der Waals surface area (Å²) in [4.78, 5) is 0. The second kappa shape index (κ2) is 3.21. The monoisotopic (exact) mass is 128 g/mol. The predicted molar refractivity (Wildman–Crippen MR) is 38.3 cm³/mol. The van der Waals surface area contributed by atoms with Crippen LogP contribution in [0, 0.1) is 5.92 Å². The third-order valence-corrected chi connectivity index (χ3v) is 2.33. The average molecular weight is 128 g/mol. The third kappa shape index (κ3) is 1.98. The highest BCUT2D eigenvalue weighted by molar-refractivity contribution is 4.69. The van der Waals surface area contributed by atoms with E-state index in [9.17, 15) is 5.11 Å². The minimum absolute atomic E-state index is 0.0645. The standard InChI is InChI=1S/C8H16O/c1-7(9)8-5-3-2-4-6-8/h7-9H,2-6H2,1H3/t7-/m0/s1. The van der Waals surface area contributed by atoms with E-state index in [1.165, 1.54) is 32.1 Å². The highest BCUT2D eigenvalue weighted by Crippen LogP contribution is 2.25. The largest absolute Gasteiger partial charge is 0.393 e. The van der Waals surface area contributed by atoms with E-state index in [1.807, 2.05) is 6.92 Å². The molecule has 0 unspecified atom stereocenters. The SMILES string of the molecule is C[C@H](O)C1CCCCC1. The third-order valence-electron chi connectivity index (χ3n) is 2.33. The van der Waals surface area contributed by atoms with Crippen LogP contribution in [0.5, 0.6) is 0 Å². The van der Waals surface area contributed by atoms with Crippen molar-refractivity contribution < 1.29 is 5.11 Å². The normalized spacial score (nSPS) is 26.0. The zero-order valence-electron chi connectivity index (χ0n) is 6.14. The smallest absolute Gasteiger partial charge is 0.0540 e. The highest BCUT2D eigenvalue weighted by atomic mass is 16.3. The molecule has 1 saturated carbocycles. The van der Waals surface area contributed by atoms with Crippen molar-refractivity contribution in [3.63, 3.8) is 0 Å². The number of rotatable bonds is 1. The van der Waals surface area contributed by atoms with E-state index in [0.29, 0.717) is 5.92 Å². The van der Waals surface area contributed by atoms with Crippen molar-refractivity contribution in [1.82, 2.24) is 0 Å². The van der Waals surface area contributed by atoms with E-state index in [-0.39, 0.29) is 6.10 Å². The minimum atomic E-state index is -0.0645. The number of aliphatic hydroxyl groups excluding tert-OH is 1. The van der Waals surface area contributed by atoms with E-state index < -0.39 is 0 Å². The Balaban J connectivity index is 2.23. The van der Waals surface area contributed by atoms with E-state index in [1.54, 1.807) is 0 Å². The molecule has 54 valence electrons. The lowest BCUT2D eigenvalue weighted by Crippen LogP contribution is -2.19. The van der Waals surface area contributed by atoms with Crippen molar-refractivity contribution in [2.45, 2.75) is 45.1 Å². The Kier molecular flexibility index (Phi) is 2.52. The van der Waals surface area contributed by atoms with Gasteiger partial charge in [0.05, 0.1) is 6.10 Å². The van der Waals surface area contributed by atoms with Gasteiger partial charge in [-0.2, -0.15) is 0 Å². The maximum Gasteiger partial charge on any atom is 0.0540 e. The summed E-state index contributed by atoms with van der Waals surface area (Å²) in [6.07, 6.45) is 6.47. The second-order valence-electron chi connectivity index (χ2n) is 3.14. The van der Waals surface area contributed by atoms with Gasteiger partial charge in [-0.1, -0.05) is 19.3 Å². The fourth-order valence-corrected chi connectivity index (χ4v) is 1.62. The Hall–Kier alpha value is -0.0400. The molecule has 1 aliphatic rings. The Morgan fingerprint density at radius 3 is 2.11 bits per heavy atom. The summed E-state index contributed by atoms with van der Waals surface area (Å²) in [5.74, 6) is 0.610. The topological polar surface area (TPSA) is 20.2 Å². The van der Waals surface area contributed by atoms with Crippen molar-refractivity contribution in [1.29, 1.82) is 0 Å². The average Bonchev–Trinajstić information content (AvgIpc) is 1.90. The minimum Gasteiger partial charge on any atom is -0.393 e. The van der Waals surface area contributed by atoms with Crippen molar-refractivity contribution in [3.8, 4) is 0 Å². The van der Waals surface area contributed by atoms with Crippen LogP contribution in [-0.4, -0.2) is 11.2 Å². The van der Waals surface area contributed by atoms with Crippen LogP contribution < -0.4 is 0 Å². The predicted octanol–water partition coefficient (Wildman–Crippen LogP) is 1.95. The van der Waals surface area contributed by atoms with Gasteiger partial charge in [-0.25, -0.2) is 0 Å². The van der Waals surface area contributed by atoms with Gasteiger partial charge < -0.3 is 5.11 Å². The van der Waals surface area contributed by atoms with Gasteiger partial charge in [0.25, 0.3) is 0 Å². The molecule has 0 aromatic carbocycles. The first-order chi connectivity index (χ1) is 4.30. The molecule has 1 nitrogen and oxygen atoms in total. The second-order valence-corrected chi connectivity index (χ2v) is 3.14. The highest BCUT2D eigenvalue weighted by Gasteiger charge is 2.17. The lowest BCUT2D eigenvalue weighted by atomic mass is 9.86. The summed E-state index contributed by atoms with van der Waals surface area (Å²) in [5.41, 5.74) is 0. The molecular formula is C8H16O. The molecule has 0 saturated heterocycles.